The van der Waals surface area contributed by atoms with Crippen molar-refractivity contribution < 1.29 is 21.6 Å². The Balaban J connectivity index is 1.74. The van der Waals surface area contributed by atoms with Gasteiger partial charge in [0.25, 0.3) is 0 Å². The van der Waals surface area contributed by atoms with Crippen molar-refractivity contribution in [1.82, 2.24) is 4.98 Å². The number of benzene rings is 1. The summed E-state index contributed by atoms with van der Waals surface area (Å²) in [4.78, 5) is 3.82. The summed E-state index contributed by atoms with van der Waals surface area (Å²) in [6, 6.07) is 9.03. The molecule has 1 aromatic carbocycles. The molecular formula is C21H18F3NO2S. The van der Waals surface area contributed by atoms with E-state index in [1.54, 1.807) is 24.3 Å². The second kappa shape index (κ2) is 6.30. The number of alkyl halides is 3. The highest BCUT2D eigenvalue weighted by Gasteiger charge is 2.39. The van der Waals surface area contributed by atoms with Gasteiger partial charge >= 0.3 is 6.18 Å². The van der Waals surface area contributed by atoms with Gasteiger partial charge in [0, 0.05) is 23.4 Å². The molecule has 2 aromatic rings. The van der Waals surface area contributed by atoms with Crippen LogP contribution in [0.2, 0.25) is 0 Å². The maximum Gasteiger partial charge on any atom is 0.433 e. The van der Waals surface area contributed by atoms with Gasteiger partial charge in [0.1, 0.15) is 5.69 Å². The second-order valence-electron chi connectivity index (χ2n) is 7.43. The molecule has 0 bridgehead atoms. The molecule has 1 spiro atoms. The molecule has 4 rings (SSSR count). The summed E-state index contributed by atoms with van der Waals surface area (Å²) in [7, 11) is -3.29. The van der Waals surface area contributed by atoms with Crippen molar-refractivity contribution in [2.45, 2.75) is 30.3 Å². The van der Waals surface area contributed by atoms with Crippen LogP contribution in [0.15, 0.2) is 59.6 Å². The third-order valence-corrected chi connectivity index (χ3v) is 6.53. The van der Waals surface area contributed by atoms with Crippen LogP contribution in [0.5, 0.6) is 0 Å². The Hall–Kier alpha value is -2.41. The van der Waals surface area contributed by atoms with E-state index in [9.17, 15) is 21.6 Å². The largest absolute Gasteiger partial charge is 0.433 e. The average Bonchev–Trinajstić information content (AvgIpc) is 3.02. The molecule has 146 valence electrons. The van der Waals surface area contributed by atoms with E-state index in [0.717, 1.165) is 48.3 Å². The van der Waals surface area contributed by atoms with Gasteiger partial charge in [-0.15, -0.1) is 0 Å². The van der Waals surface area contributed by atoms with Crippen LogP contribution in [-0.4, -0.2) is 19.7 Å². The summed E-state index contributed by atoms with van der Waals surface area (Å²) in [6.07, 6.45) is 5.29. The first-order valence-corrected chi connectivity index (χ1v) is 10.8. The summed E-state index contributed by atoms with van der Waals surface area (Å²) in [6.45, 7) is 0. The molecule has 3 nitrogen and oxygen atoms in total. The number of rotatable bonds is 3. The Bertz CT molecular complexity index is 1080. The monoisotopic (exact) mass is 405 g/mol. The van der Waals surface area contributed by atoms with Gasteiger partial charge in [-0.3, -0.25) is 4.98 Å². The smallest absolute Gasteiger partial charge is 0.251 e. The summed E-state index contributed by atoms with van der Waals surface area (Å²) in [5.41, 5.74) is 2.21. The first kappa shape index (κ1) is 18.9. The minimum Gasteiger partial charge on any atom is -0.251 e. The lowest BCUT2D eigenvalue weighted by Crippen LogP contribution is -2.22. The normalized spacial score (nSPS) is 18.6. The van der Waals surface area contributed by atoms with Crippen LogP contribution in [0, 0.1) is 5.41 Å². The third kappa shape index (κ3) is 3.39. The SMILES string of the molecule is CS(=O)(=O)c1ccc(C2=CC3(C=C2c2ccc(C(F)(F)F)nc2)CCC3)cc1. The maximum atomic E-state index is 12.8. The molecule has 0 unspecified atom stereocenters. The fraction of sp³-hybridized carbons (Fsp3) is 0.286. The van der Waals surface area contributed by atoms with E-state index in [1.165, 1.54) is 12.3 Å². The van der Waals surface area contributed by atoms with Crippen molar-refractivity contribution in [3.8, 4) is 0 Å². The molecule has 0 radical (unpaired) electrons. The molecular weight excluding hydrogens is 387 g/mol. The van der Waals surface area contributed by atoms with Gasteiger partial charge in [-0.1, -0.05) is 36.8 Å². The number of hydrogen-bond acceptors (Lipinski definition) is 3. The van der Waals surface area contributed by atoms with Crippen LogP contribution in [-0.2, 0) is 16.0 Å². The number of pyridine rings is 1. The van der Waals surface area contributed by atoms with Crippen LogP contribution in [0.25, 0.3) is 11.1 Å². The van der Waals surface area contributed by atoms with Crippen molar-refractivity contribution >= 4 is 21.0 Å². The number of hydrogen-bond donors (Lipinski definition) is 0. The maximum absolute atomic E-state index is 12.8. The average molecular weight is 405 g/mol. The fourth-order valence-corrected chi connectivity index (χ4v) is 4.36. The van der Waals surface area contributed by atoms with Crippen molar-refractivity contribution in [3.63, 3.8) is 0 Å². The Morgan fingerprint density at radius 2 is 1.50 bits per heavy atom. The van der Waals surface area contributed by atoms with E-state index in [1.807, 2.05) is 0 Å². The third-order valence-electron chi connectivity index (χ3n) is 5.40. The van der Waals surface area contributed by atoms with E-state index in [4.69, 9.17) is 0 Å². The van der Waals surface area contributed by atoms with E-state index in [-0.39, 0.29) is 10.3 Å². The Morgan fingerprint density at radius 1 is 0.929 bits per heavy atom. The molecule has 1 fully saturated rings. The molecule has 1 heterocycles. The Morgan fingerprint density at radius 3 is 1.93 bits per heavy atom. The molecule has 2 aliphatic rings. The van der Waals surface area contributed by atoms with E-state index >= 15 is 0 Å². The zero-order chi connectivity index (χ0) is 20.2. The molecule has 0 aliphatic heterocycles. The Labute approximate surface area is 161 Å². The minimum atomic E-state index is -4.47. The quantitative estimate of drug-likeness (QED) is 0.709. The molecule has 7 heteroatoms. The highest BCUT2D eigenvalue weighted by Crippen LogP contribution is 2.54. The van der Waals surface area contributed by atoms with Gasteiger partial charge in [0.2, 0.25) is 0 Å². The molecule has 2 aliphatic carbocycles. The first-order valence-electron chi connectivity index (χ1n) is 8.88. The summed E-state index contributed by atoms with van der Waals surface area (Å²) in [5, 5.41) is 0. The standard InChI is InChI=1S/C21H18F3NO2S/c1-28(26,27)16-6-3-14(4-7-16)17-11-20(9-2-10-20)12-18(17)15-5-8-19(25-13-15)21(22,23)24/h3-8,11-13H,2,9-10H2,1H3. The van der Waals surface area contributed by atoms with Crippen LogP contribution >= 0.6 is 0 Å². The highest BCUT2D eigenvalue weighted by atomic mass is 32.2. The van der Waals surface area contributed by atoms with E-state index in [0.29, 0.717) is 5.56 Å². The van der Waals surface area contributed by atoms with Crippen molar-refractivity contribution in [1.29, 1.82) is 0 Å². The number of halogens is 3. The predicted molar refractivity (Wildman–Crippen MR) is 101 cm³/mol. The van der Waals surface area contributed by atoms with Crippen LogP contribution < -0.4 is 0 Å². The lowest BCUT2D eigenvalue weighted by atomic mass is 9.70. The molecule has 1 aromatic heterocycles. The molecule has 0 saturated heterocycles. The van der Waals surface area contributed by atoms with Gasteiger partial charge in [0.15, 0.2) is 9.84 Å². The van der Waals surface area contributed by atoms with Crippen LogP contribution in [0.3, 0.4) is 0 Å². The van der Waals surface area contributed by atoms with Crippen molar-refractivity contribution in [3.05, 3.63) is 71.6 Å². The molecule has 0 amide bonds. The van der Waals surface area contributed by atoms with Crippen LogP contribution in [0.1, 0.15) is 36.1 Å². The lowest BCUT2D eigenvalue weighted by Gasteiger charge is -2.34. The number of aromatic nitrogens is 1. The zero-order valence-electron chi connectivity index (χ0n) is 15.1. The van der Waals surface area contributed by atoms with Crippen molar-refractivity contribution in [2.75, 3.05) is 6.26 Å². The van der Waals surface area contributed by atoms with E-state index < -0.39 is 21.7 Å². The van der Waals surface area contributed by atoms with Crippen LogP contribution in [0.4, 0.5) is 13.2 Å². The number of allylic oxidation sites excluding steroid dienone is 4. The summed E-state index contributed by atoms with van der Waals surface area (Å²) < 4.78 is 61.9. The molecule has 28 heavy (non-hydrogen) atoms. The summed E-state index contributed by atoms with van der Waals surface area (Å²) >= 11 is 0. The highest BCUT2D eigenvalue weighted by molar-refractivity contribution is 7.90. The second-order valence-corrected chi connectivity index (χ2v) is 9.44. The zero-order valence-corrected chi connectivity index (χ0v) is 15.9. The topological polar surface area (TPSA) is 47.0 Å². The molecule has 0 atom stereocenters. The fourth-order valence-electron chi connectivity index (χ4n) is 3.73. The van der Waals surface area contributed by atoms with Crippen molar-refractivity contribution in [2.24, 2.45) is 5.41 Å². The van der Waals surface area contributed by atoms with Gasteiger partial charge in [-0.25, -0.2) is 8.42 Å². The van der Waals surface area contributed by atoms with E-state index in [2.05, 4.69) is 17.1 Å². The lowest BCUT2D eigenvalue weighted by molar-refractivity contribution is -0.141. The van der Waals surface area contributed by atoms with Gasteiger partial charge < -0.3 is 0 Å². The predicted octanol–water partition coefficient (Wildman–Crippen LogP) is 5.15. The first-order chi connectivity index (χ1) is 13.1. The molecule has 0 N–H and O–H groups in total. The van der Waals surface area contributed by atoms with Gasteiger partial charge in [0.05, 0.1) is 4.90 Å². The number of sulfone groups is 1. The molecule has 1 saturated carbocycles. The van der Waals surface area contributed by atoms with Gasteiger partial charge in [-0.2, -0.15) is 13.2 Å². The summed E-state index contributed by atoms with van der Waals surface area (Å²) in [5.74, 6) is 0. The number of nitrogens with zero attached hydrogens (tertiary/aromatic N) is 1. The Kier molecular flexibility index (Phi) is 4.26. The van der Waals surface area contributed by atoms with Gasteiger partial charge in [-0.05, 0) is 47.8 Å². The minimum absolute atomic E-state index is 0.0666.